The van der Waals surface area contributed by atoms with E-state index in [1.807, 2.05) is 67.1 Å². The maximum Gasteiger partial charge on any atom is 0.175 e. The highest BCUT2D eigenvalue weighted by molar-refractivity contribution is 7.80. The number of methoxy groups -OCH3 is 1. The Hall–Kier alpha value is -2.57. The number of halogens is 1. The van der Waals surface area contributed by atoms with E-state index in [0.29, 0.717) is 11.7 Å². The summed E-state index contributed by atoms with van der Waals surface area (Å²) in [5.41, 5.74) is 4.67. The number of anilines is 2. The standard InChI is InChI=1S/C20H21ClN4OS/c1-13-19(23-20(27)22-16-8-10-17(26-3)11-9-16)14(2)25(24-13)12-15-6-4-5-7-18(15)21/h4-11H,12H2,1-3H3,(H2,22,23,27). The highest BCUT2D eigenvalue weighted by Crippen LogP contribution is 2.23. The van der Waals surface area contributed by atoms with Crippen LogP contribution >= 0.6 is 23.8 Å². The van der Waals surface area contributed by atoms with Crippen LogP contribution in [0.5, 0.6) is 5.75 Å². The molecule has 0 bridgehead atoms. The van der Waals surface area contributed by atoms with Crippen molar-refractivity contribution in [2.24, 2.45) is 0 Å². The van der Waals surface area contributed by atoms with Gasteiger partial charge in [0, 0.05) is 10.7 Å². The molecule has 7 heteroatoms. The number of rotatable bonds is 5. The molecule has 27 heavy (non-hydrogen) atoms. The summed E-state index contributed by atoms with van der Waals surface area (Å²) < 4.78 is 7.09. The third-order valence-corrected chi connectivity index (χ3v) is 4.82. The Balaban J connectivity index is 1.72. The summed E-state index contributed by atoms with van der Waals surface area (Å²) in [4.78, 5) is 0. The summed E-state index contributed by atoms with van der Waals surface area (Å²) in [6.07, 6.45) is 0. The number of aryl methyl sites for hydroxylation is 1. The van der Waals surface area contributed by atoms with Crippen molar-refractivity contribution >= 4 is 40.3 Å². The molecule has 0 aliphatic rings. The van der Waals surface area contributed by atoms with Gasteiger partial charge in [-0.2, -0.15) is 5.10 Å². The predicted molar refractivity (Wildman–Crippen MR) is 115 cm³/mol. The zero-order valence-electron chi connectivity index (χ0n) is 15.4. The molecular formula is C20H21ClN4OS. The van der Waals surface area contributed by atoms with Crippen LogP contribution in [0.1, 0.15) is 17.0 Å². The monoisotopic (exact) mass is 400 g/mol. The zero-order valence-corrected chi connectivity index (χ0v) is 17.0. The Bertz CT molecular complexity index is 953. The second-order valence-electron chi connectivity index (χ2n) is 6.10. The highest BCUT2D eigenvalue weighted by atomic mass is 35.5. The first kappa shape index (κ1) is 19.2. The normalized spacial score (nSPS) is 10.5. The van der Waals surface area contributed by atoms with Crippen LogP contribution in [0.2, 0.25) is 5.02 Å². The molecule has 0 atom stereocenters. The Morgan fingerprint density at radius 3 is 2.48 bits per heavy atom. The van der Waals surface area contributed by atoms with Crippen molar-refractivity contribution < 1.29 is 4.74 Å². The van der Waals surface area contributed by atoms with Crippen molar-refractivity contribution in [1.82, 2.24) is 9.78 Å². The number of aromatic nitrogens is 2. The Labute approximate surface area is 169 Å². The molecule has 3 aromatic rings. The molecule has 0 fully saturated rings. The number of hydrogen-bond donors (Lipinski definition) is 2. The minimum atomic E-state index is 0.503. The van der Waals surface area contributed by atoms with Crippen molar-refractivity contribution in [2.75, 3.05) is 17.7 Å². The highest BCUT2D eigenvalue weighted by Gasteiger charge is 2.14. The molecule has 2 N–H and O–H groups in total. The van der Waals surface area contributed by atoms with Crippen LogP contribution in [0.25, 0.3) is 0 Å². The van der Waals surface area contributed by atoms with Gasteiger partial charge in [-0.05, 0) is 62.0 Å². The van der Waals surface area contributed by atoms with Crippen LogP contribution in [-0.2, 0) is 6.54 Å². The van der Waals surface area contributed by atoms with E-state index in [2.05, 4.69) is 15.7 Å². The van der Waals surface area contributed by atoms with E-state index in [0.717, 1.165) is 39.1 Å². The zero-order chi connectivity index (χ0) is 19.4. The van der Waals surface area contributed by atoms with E-state index < -0.39 is 0 Å². The number of hydrogen-bond acceptors (Lipinski definition) is 3. The van der Waals surface area contributed by atoms with Crippen LogP contribution in [0.4, 0.5) is 11.4 Å². The molecule has 0 aliphatic carbocycles. The van der Waals surface area contributed by atoms with Gasteiger partial charge in [-0.15, -0.1) is 0 Å². The van der Waals surface area contributed by atoms with Gasteiger partial charge in [0.15, 0.2) is 5.11 Å². The van der Waals surface area contributed by atoms with Crippen LogP contribution in [0.3, 0.4) is 0 Å². The van der Waals surface area contributed by atoms with Crippen LogP contribution in [-0.4, -0.2) is 22.0 Å². The van der Waals surface area contributed by atoms with Gasteiger partial charge in [-0.25, -0.2) is 0 Å². The smallest absolute Gasteiger partial charge is 0.175 e. The van der Waals surface area contributed by atoms with Crippen molar-refractivity contribution in [3.05, 3.63) is 70.5 Å². The summed E-state index contributed by atoms with van der Waals surface area (Å²) in [7, 11) is 1.64. The van der Waals surface area contributed by atoms with Crippen molar-refractivity contribution in [3.8, 4) is 5.75 Å². The molecule has 0 unspecified atom stereocenters. The molecule has 5 nitrogen and oxygen atoms in total. The second kappa shape index (κ2) is 8.41. The van der Waals surface area contributed by atoms with E-state index >= 15 is 0 Å². The van der Waals surface area contributed by atoms with Gasteiger partial charge >= 0.3 is 0 Å². The van der Waals surface area contributed by atoms with Gasteiger partial charge < -0.3 is 15.4 Å². The number of ether oxygens (including phenoxy) is 1. The Morgan fingerprint density at radius 2 is 1.81 bits per heavy atom. The minimum absolute atomic E-state index is 0.503. The molecule has 0 saturated carbocycles. The van der Waals surface area contributed by atoms with Gasteiger partial charge in [-0.3, -0.25) is 4.68 Å². The molecule has 0 amide bonds. The third kappa shape index (κ3) is 4.59. The van der Waals surface area contributed by atoms with Crippen molar-refractivity contribution in [3.63, 3.8) is 0 Å². The van der Waals surface area contributed by atoms with Crippen LogP contribution < -0.4 is 15.4 Å². The molecule has 2 aromatic carbocycles. The topological polar surface area (TPSA) is 51.1 Å². The molecule has 1 aromatic heterocycles. The van der Waals surface area contributed by atoms with Gasteiger partial charge in [-0.1, -0.05) is 29.8 Å². The average Bonchev–Trinajstić information content (AvgIpc) is 2.91. The molecule has 0 spiro atoms. The van der Waals surface area contributed by atoms with Crippen molar-refractivity contribution in [1.29, 1.82) is 0 Å². The third-order valence-electron chi connectivity index (χ3n) is 4.25. The van der Waals surface area contributed by atoms with Gasteiger partial charge in [0.05, 0.1) is 30.7 Å². The van der Waals surface area contributed by atoms with Gasteiger partial charge in [0.2, 0.25) is 0 Å². The van der Waals surface area contributed by atoms with Gasteiger partial charge in [0.1, 0.15) is 5.75 Å². The molecule has 3 rings (SSSR count). The average molecular weight is 401 g/mol. The maximum absolute atomic E-state index is 6.27. The lowest BCUT2D eigenvalue weighted by atomic mass is 10.2. The fraction of sp³-hybridized carbons (Fsp3) is 0.200. The largest absolute Gasteiger partial charge is 0.497 e. The summed E-state index contributed by atoms with van der Waals surface area (Å²) >= 11 is 11.7. The Kier molecular flexibility index (Phi) is 5.98. The van der Waals surface area contributed by atoms with E-state index in [1.165, 1.54) is 0 Å². The number of nitrogens with zero attached hydrogens (tertiary/aromatic N) is 2. The number of benzene rings is 2. The molecule has 140 valence electrons. The Morgan fingerprint density at radius 1 is 1.11 bits per heavy atom. The van der Waals surface area contributed by atoms with E-state index in [9.17, 15) is 0 Å². The lowest BCUT2D eigenvalue weighted by Crippen LogP contribution is -2.20. The maximum atomic E-state index is 6.27. The molecule has 0 aliphatic heterocycles. The summed E-state index contributed by atoms with van der Waals surface area (Å²) in [5, 5.41) is 12.3. The summed E-state index contributed by atoms with van der Waals surface area (Å²) in [6.45, 7) is 4.57. The van der Waals surface area contributed by atoms with Crippen LogP contribution in [0, 0.1) is 13.8 Å². The molecule has 1 heterocycles. The molecular weight excluding hydrogens is 380 g/mol. The quantitative estimate of drug-likeness (QED) is 0.589. The fourth-order valence-electron chi connectivity index (χ4n) is 2.77. The van der Waals surface area contributed by atoms with E-state index in [4.69, 9.17) is 28.6 Å². The lowest BCUT2D eigenvalue weighted by Gasteiger charge is -2.12. The second-order valence-corrected chi connectivity index (χ2v) is 6.92. The first-order chi connectivity index (χ1) is 13.0. The predicted octanol–water partition coefficient (Wildman–Crippen LogP) is 5.02. The number of nitrogens with one attached hydrogen (secondary N) is 2. The van der Waals surface area contributed by atoms with Crippen LogP contribution in [0.15, 0.2) is 48.5 Å². The molecule has 0 radical (unpaired) electrons. The first-order valence-electron chi connectivity index (χ1n) is 8.47. The van der Waals surface area contributed by atoms with Crippen molar-refractivity contribution in [2.45, 2.75) is 20.4 Å². The minimum Gasteiger partial charge on any atom is -0.497 e. The molecule has 0 saturated heterocycles. The lowest BCUT2D eigenvalue weighted by molar-refractivity contribution is 0.415. The van der Waals surface area contributed by atoms with E-state index in [-0.39, 0.29) is 0 Å². The van der Waals surface area contributed by atoms with E-state index in [1.54, 1.807) is 7.11 Å². The first-order valence-corrected chi connectivity index (χ1v) is 9.26. The SMILES string of the molecule is COc1ccc(NC(=S)Nc2c(C)nn(Cc3ccccc3Cl)c2C)cc1. The fourth-order valence-corrected chi connectivity index (χ4v) is 3.19. The van der Waals surface area contributed by atoms with Gasteiger partial charge in [0.25, 0.3) is 0 Å². The number of thiocarbonyl (C=S) groups is 1. The summed E-state index contributed by atoms with van der Waals surface area (Å²) in [6, 6.07) is 15.4. The summed E-state index contributed by atoms with van der Waals surface area (Å²) in [5.74, 6) is 0.798.